The van der Waals surface area contributed by atoms with E-state index in [0.717, 1.165) is 47.5 Å². The molecule has 1 N–H and O–H groups in total. The van der Waals surface area contributed by atoms with Crippen molar-refractivity contribution in [1.82, 2.24) is 4.57 Å². The summed E-state index contributed by atoms with van der Waals surface area (Å²) in [4.78, 5) is 12.4. The third-order valence-electron chi connectivity index (χ3n) is 3.51. The van der Waals surface area contributed by atoms with Crippen LogP contribution >= 0.6 is 15.9 Å². The zero-order chi connectivity index (χ0) is 14.8. The van der Waals surface area contributed by atoms with Crippen LogP contribution in [-0.2, 0) is 13.0 Å². The predicted molar refractivity (Wildman–Crippen MR) is 86.0 cm³/mol. The summed E-state index contributed by atoms with van der Waals surface area (Å²) in [5, 5.41) is 2.96. The highest BCUT2D eigenvalue weighted by molar-refractivity contribution is 9.10. The van der Waals surface area contributed by atoms with Crippen LogP contribution in [0.3, 0.4) is 0 Å². The van der Waals surface area contributed by atoms with Crippen LogP contribution in [0.15, 0.2) is 34.9 Å². The third-order valence-corrected chi connectivity index (χ3v) is 3.94. The van der Waals surface area contributed by atoms with Gasteiger partial charge in [0.15, 0.2) is 0 Å². The first-order valence-electron chi connectivity index (χ1n) is 7.10. The number of carbonyl (C=O) groups is 1. The number of aryl methyl sites for hydroxylation is 1. The Morgan fingerprint density at radius 2 is 2.29 bits per heavy atom. The summed E-state index contributed by atoms with van der Waals surface area (Å²) in [6.45, 7) is 3.64. The lowest BCUT2D eigenvalue weighted by Gasteiger charge is -2.09. The average Bonchev–Trinajstić information content (AvgIpc) is 3.05. The molecule has 0 spiro atoms. The lowest BCUT2D eigenvalue weighted by molar-refractivity contribution is 0.101. The first-order valence-corrected chi connectivity index (χ1v) is 7.89. The normalized spacial score (nSPS) is 12.9. The van der Waals surface area contributed by atoms with Gasteiger partial charge in [0, 0.05) is 29.3 Å². The van der Waals surface area contributed by atoms with Crippen molar-refractivity contribution in [3.05, 3.63) is 46.2 Å². The minimum atomic E-state index is -0.0898. The van der Waals surface area contributed by atoms with E-state index in [-0.39, 0.29) is 5.91 Å². The van der Waals surface area contributed by atoms with Crippen LogP contribution in [0.1, 0.15) is 29.4 Å². The second-order valence-electron chi connectivity index (χ2n) is 5.11. The largest absolute Gasteiger partial charge is 0.493 e. The van der Waals surface area contributed by atoms with Crippen molar-refractivity contribution < 1.29 is 9.53 Å². The number of benzene rings is 1. The second kappa shape index (κ2) is 5.93. The van der Waals surface area contributed by atoms with Crippen LogP contribution < -0.4 is 10.1 Å². The van der Waals surface area contributed by atoms with Crippen LogP contribution in [0.25, 0.3) is 0 Å². The van der Waals surface area contributed by atoms with Crippen molar-refractivity contribution in [3.8, 4) is 5.75 Å². The molecule has 21 heavy (non-hydrogen) atoms. The minimum Gasteiger partial charge on any atom is -0.493 e. The first kappa shape index (κ1) is 14.2. The molecule has 3 rings (SSSR count). The third kappa shape index (κ3) is 2.97. The molecular formula is C16H17BrN2O2. The Labute approximate surface area is 132 Å². The molecule has 2 aromatic rings. The summed E-state index contributed by atoms with van der Waals surface area (Å²) < 4.78 is 8.36. The molecule has 1 aromatic heterocycles. The maximum atomic E-state index is 12.4. The Morgan fingerprint density at radius 3 is 3.10 bits per heavy atom. The van der Waals surface area contributed by atoms with Crippen molar-refractivity contribution in [2.45, 2.75) is 26.3 Å². The average molecular weight is 349 g/mol. The standard InChI is InChI=1S/C16H17BrN2O2/c1-2-6-19-10-12(17)9-14(19)16(20)18-13-3-4-15-11(8-13)5-7-21-15/h3-4,8-10H,2,5-7H2,1H3,(H,18,20). The highest BCUT2D eigenvalue weighted by Crippen LogP contribution is 2.28. The number of fused-ring (bicyclic) bond motifs is 1. The topological polar surface area (TPSA) is 43.3 Å². The van der Waals surface area contributed by atoms with Crippen molar-refractivity contribution in [3.63, 3.8) is 0 Å². The molecule has 1 aliphatic heterocycles. The fraction of sp³-hybridized carbons (Fsp3) is 0.312. The Kier molecular flexibility index (Phi) is 4.01. The number of halogens is 1. The van der Waals surface area contributed by atoms with E-state index in [9.17, 15) is 4.79 Å². The summed E-state index contributed by atoms with van der Waals surface area (Å²) in [6, 6.07) is 7.63. The van der Waals surface area contributed by atoms with Crippen molar-refractivity contribution in [2.75, 3.05) is 11.9 Å². The van der Waals surface area contributed by atoms with Gasteiger partial charge in [-0.2, -0.15) is 0 Å². The fourth-order valence-electron chi connectivity index (χ4n) is 2.55. The summed E-state index contributed by atoms with van der Waals surface area (Å²) in [6.07, 6.45) is 3.82. The monoisotopic (exact) mass is 348 g/mol. The number of nitrogens with zero attached hydrogens (tertiary/aromatic N) is 1. The molecule has 0 aliphatic carbocycles. The van der Waals surface area contributed by atoms with Crippen molar-refractivity contribution >= 4 is 27.5 Å². The zero-order valence-electron chi connectivity index (χ0n) is 11.9. The summed E-state index contributed by atoms with van der Waals surface area (Å²) in [5.74, 6) is 0.832. The molecular weight excluding hydrogens is 332 g/mol. The maximum absolute atomic E-state index is 12.4. The Hall–Kier alpha value is -1.75. The van der Waals surface area contributed by atoms with Gasteiger partial charge in [0.2, 0.25) is 0 Å². The molecule has 2 heterocycles. The Balaban J connectivity index is 1.80. The van der Waals surface area contributed by atoms with Crippen LogP contribution in [0.5, 0.6) is 5.75 Å². The second-order valence-corrected chi connectivity index (χ2v) is 6.03. The van der Waals surface area contributed by atoms with Crippen molar-refractivity contribution in [2.24, 2.45) is 0 Å². The zero-order valence-corrected chi connectivity index (χ0v) is 13.4. The van der Waals surface area contributed by atoms with E-state index >= 15 is 0 Å². The molecule has 0 saturated carbocycles. The highest BCUT2D eigenvalue weighted by atomic mass is 79.9. The molecule has 0 radical (unpaired) electrons. The quantitative estimate of drug-likeness (QED) is 0.911. The van der Waals surface area contributed by atoms with Gasteiger partial charge >= 0.3 is 0 Å². The van der Waals surface area contributed by atoms with Gasteiger partial charge < -0.3 is 14.6 Å². The number of carbonyl (C=O) groups excluding carboxylic acids is 1. The molecule has 110 valence electrons. The highest BCUT2D eigenvalue weighted by Gasteiger charge is 2.16. The van der Waals surface area contributed by atoms with Gasteiger partial charge in [0.25, 0.3) is 5.91 Å². The number of anilines is 1. The van der Waals surface area contributed by atoms with E-state index in [1.165, 1.54) is 0 Å². The van der Waals surface area contributed by atoms with Gasteiger partial charge in [-0.1, -0.05) is 6.92 Å². The van der Waals surface area contributed by atoms with Crippen LogP contribution in [-0.4, -0.2) is 17.1 Å². The van der Waals surface area contributed by atoms with Gasteiger partial charge in [-0.15, -0.1) is 0 Å². The molecule has 0 saturated heterocycles. The SMILES string of the molecule is CCCn1cc(Br)cc1C(=O)Nc1ccc2c(c1)CCO2. The van der Waals surface area contributed by atoms with E-state index in [2.05, 4.69) is 28.2 Å². The van der Waals surface area contributed by atoms with E-state index in [1.807, 2.05) is 35.0 Å². The predicted octanol–water partition coefficient (Wildman–Crippen LogP) is 3.85. The summed E-state index contributed by atoms with van der Waals surface area (Å²) in [5.41, 5.74) is 2.63. The number of ether oxygens (including phenoxy) is 1. The molecule has 0 atom stereocenters. The number of rotatable bonds is 4. The molecule has 5 heteroatoms. The molecule has 0 fully saturated rings. The Morgan fingerprint density at radius 1 is 1.43 bits per heavy atom. The molecule has 4 nitrogen and oxygen atoms in total. The van der Waals surface area contributed by atoms with Gasteiger partial charge in [-0.3, -0.25) is 4.79 Å². The summed E-state index contributed by atoms with van der Waals surface area (Å²) >= 11 is 3.43. The van der Waals surface area contributed by atoms with E-state index in [0.29, 0.717) is 5.69 Å². The van der Waals surface area contributed by atoms with E-state index in [1.54, 1.807) is 0 Å². The smallest absolute Gasteiger partial charge is 0.272 e. The van der Waals surface area contributed by atoms with Crippen LogP contribution in [0.4, 0.5) is 5.69 Å². The van der Waals surface area contributed by atoms with Crippen molar-refractivity contribution in [1.29, 1.82) is 0 Å². The lowest BCUT2D eigenvalue weighted by Crippen LogP contribution is -2.16. The van der Waals surface area contributed by atoms with Gasteiger partial charge in [-0.05, 0) is 52.2 Å². The number of nitrogens with one attached hydrogen (secondary N) is 1. The number of amides is 1. The number of hydrogen-bond acceptors (Lipinski definition) is 2. The Bertz CT molecular complexity index is 679. The van der Waals surface area contributed by atoms with Gasteiger partial charge in [0.05, 0.1) is 6.61 Å². The maximum Gasteiger partial charge on any atom is 0.272 e. The molecule has 1 aromatic carbocycles. The van der Waals surface area contributed by atoms with Gasteiger partial charge in [0.1, 0.15) is 11.4 Å². The number of hydrogen-bond donors (Lipinski definition) is 1. The van der Waals surface area contributed by atoms with Crippen LogP contribution in [0.2, 0.25) is 0 Å². The van der Waals surface area contributed by atoms with E-state index < -0.39 is 0 Å². The lowest BCUT2D eigenvalue weighted by atomic mass is 10.1. The molecule has 1 aliphatic rings. The summed E-state index contributed by atoms with van der Waals surface area (Å²) in [7, 11) is 0. The van der Waals surface area contributed by atoms with E-state index in [4.69, 9.17) is 4.74 Å². The molecule has 1 amide bonds. The van der Waals surface area contributed by atoms with Gasteiger partial charge in [-0.25, -0.2) is 0 Å². The number of aromatic nitrogens is 1. The first-order chi connectivity index (χ1) is 10.2. The molecule has 0 bridgehead atoms. The molecule has 0 unspecified atom stereocenters. The fourth-order valence-corrected chi connectivity index (χ4v) is 3.01. The minimum absolute atomic E-state index is 0.0898. The van der Waals surface area contributed by atoms with Crippen LogP contribution in [0, 0.1) is 0 Å².